The molecule has 0 saturated carbocycles. The van der Waals surface area contributed by atoms with E-state index < -0.39 is 0 Å². The van der Waals surface area contributed by atoms with Crippen molar-refractivity contribution in [3.63, 3.8) is 0 Å². The van der Waals surface area contributed by atoms with Gasteiger partial charge in [-0.2, -0.15) is 9.13 Å². The molecule has 0 spiro atoms. The molecule has 8 aromatic carbocycles. The molecule has 14 rings (SSSR count). The maximum absolute atomic E-state index is 3.49. The molecule has 86 heavy (non-hydrogen) atoms. The molecule has 456 valence electrons. The Balaban J connectivity index is 0.000000205. The van der Waals surface area contributed by atoms with Crippen LogP contribution in [-0.2, 0) is 13.1 Å². The molecule has 4 N–H and O–H groups in total. The van der Waals surface area contributed by atoms with Crippen molar-refractivity contribution in [3.05, 3.63) is 218 Å². The molecule has 0 amide bonds. The van der Waals surface area contributed by atoms with Crippen LogP contribution in [0.5, 0.6) is 0 Å². The molecule has 10 aromatic rings. The van der Waals surface area contributed by atoms with Gasteiger partial charge in [-0.3, -0.25) is 4.90 Å². The van der Waals surface area contributed by atoms with Crippen molar-refractivity contribution >= 4 is 88.7 Å². The molecule has 6 heterocycles. The van der Waals surface area contributed by atoms with E-state index in [4.69, 9.17) is 0 Å². The first-order valence-corrected chi connectivity index (χ1v) is 29.7. The van der Waals surface area contributed by atoms with E-state index in [2.05, 4.69) is 296 Å². The molecule has 14 heteroatoms. The van der Waals surface area contributed by atoms with E-state index in [0.717, 1.165) is 45.8 Å². The molecule has 2 fully saturated rings. The van der Waals surface area contributed by atoms with Crippen molar-refractivity contribution in [2.24, 2.45) is 0 Å². The Morgan fingerprint density at radius 1 is 0.477 bits per heavy atom. The van der Waals surface area contributed by atoms with Crippen molar-refractivity contribution in [2.75, 3.05) is 49.1 Å². The number of rotatable bonds is 10. The molecule has 4 aliphatic heterocycles. The van der Waals surface area contributed by atoms with Gasteiger partial charge in [-0.15, -0.1) is 34.0 Å². The summed E-state index contributed by atoms with van der Waals surface area (Å²) in [6.07, 6.45) is 5.44. The van der Waals surface area contributed by atoms with Gasteiger partial charge in [-0.25, -0.2) is 0 Å². The highest BCUT2D eigenvalue weighted by Crippen LogP contribution is 2.48. The van der Waals surface area contributed by atoms with E-state index in [1.54, 1.807) is 4.90 Å². The largest absolute Gasteiger partial charge is 1.00 e. The van der Waals surface area contributed by atoms with Crippen molar-refractivity contribution in [1.29, 1.82) is 0 Å². The van der Waals surface area contributed by atoms with E-state index in [-0.39, 0.29) is 102 Å². The highest BCUT2D eigenvalue weighted by atomic mass is 79.9. The lowest BCUT2D eigenvalue weighted by Gasteiger charge is -2.39. The van der Waals surface area contributed by atoms with Gasteiger partial charge >= 0.3 is 0 Å². The van der Waals surface area contributed by atoms with Crippen molar-refractivity contribution in [1.82, 2.24) is 10.2 Å². The molecular formula is C72H86Br6N8. The molecule has 3 unspecified atom stereocenters. The van der Waals surface area contributed by atoms with Gasteiger partial charge in [0.2, 0.25) is 11.0 Å². The molecule has 8 nitrogen and oxygen atoms in total. The van der Waals surface area contributed by atoms with Crippen LogP contribution < -0.4 is 102 Å². The van der Waals surface area contributed by atoms with Gasteiger partial charge in [-0.05, 0) is 94.6 Å². The van der Waals surface area contributed by atoms with Gasteiger partial charge in [0.25, 0.3) is 0 Å². The summed E-state index contributed by atoms with van der Waals surface area (Å²) in [6, 6.07) is 72.5. The molecule has 2 saturated heterocycles. The lowest BCUT2D eigenvalue weighted by Crippen LogP contribution is -3.14. The van der Waals surface area contributed by atoms with Crippen LogP contribution in [-0.4, -0.2) is 68.3 Å². The maximum Gasteiger partial charge on any atom is 0.213 e. The average molecular weight is 1540 g/mol. The number of quaternary nitrogens is 2. The molecule has 2 aromatic heterocycles. The van der Waals surface area contributed by atoms with E-state index in [1.807, 2.05) is 0 Å². The fraction of sp³-hybridized carbons (Fsp3) is 0.306. The number of nitrogens with one attached hydrogen (secondary N) is 2. The summed E-state index contributed by atoms with van der Waals surface area (Å²) in [4.78, 5) is 9.46. The number of hydrogen-bond acceptors (Lipinski definition) is 4. The van der Waals surface area contributed by atoms with Crippen molar-refractivity contribution < 1.29 is 87.3 Å². The van der Waals surface area contributed by atoms with Crippen LogP contribution in [0.3, 0.4) is 0 Å². The Bertz CT molecular complexity index is 3520. The minimum atomic E-state index is 0. The molecule has 0 aliphatic carbocycles. The Morgan fingerprint density at radius 2 is 0.919 bits per heavy atom. The van der Waals surface area contributed by atoms with Crippen LogP contribution in [0.4, 0.5) is 11.4 Å². The number of hydrogen-bond donors (Lipinski definition) is 3. The summed E-state index contributed by atoms with van der Waals surface area (Å²) in [5, 5.41) is 13.8. The highest BCUT2D eigenvalue weighted by molar-refractivity contribution is 8.93. The first-order valence-electron chi connectivity index (χ1n) is 29.7. The van der Waals surface area contributed by atoms with Crippen LogP contribution in [0, 0.1) is 0 Å². The minimum Gasteiger partial charge on any atom is -1.00 e. The number of benzene rings is 8. The van der Waals surface area contributed by atoms with Crippen LogP contribution >= 0.6 is 34.0 Å². The molecular weight excluding hydrogens is 1460 g/mol. The predicted molar refractivity (Wildman–Crippen MR) is 356 cm³/mol. The smallest absolute Gasteiger partial charge is 0.213 e. The maximum atomic E-state index is 3.49. The summed E-state index contributed by atoms with van der Waals surface area (Å²) < 4.78 is 4.74. The van der Waals surface area contributed by atoms with E-state index in [1.165, 1.54) is 94.7 Å². The second-order valence-electron chi connectivity index (χ2n) is 23.4. The van der Waals surface area contributed by atoms with E-state index in [0.29, 0.717) is 36.5 Å². The van der Waals surface area contributed by atoms with Gasteiger partial charge in [0, 0.05) is 86.9 Å². The molecule has 0 radical (unpaired) electrons. The van der Waals surface area contributed by atoms with Crippen LogP contribution in [0.25, 0.3) is 65.6 Å². The number of aromatic nitrogens is 2. The molecule has 4 aliphatic rings. The third-order valence-corrected chi connectivity index (χ3v) is 16.9. The zero-order chi connectivity index (χ0) is 55.3. The number of nitrogens with zero attached hydrogens (tertiary/aromatic N) is 5. The van der Waals surface area contributed by atoms with Crippen LogP contribution in [0.1, 0.15) is 78.8 Å². The van der Waals surface area contributed by atoms with Crippen molar-refractivity contribution in [3.8, 4) is 22.3 Å². The first-order chi connectivity index (χ1) is 39.0. The van der Waals surface area contributed by atoms with Gasteiger partial charge in [0.15, 0.2) is 31.6 Å². The van der Waals surface area contributed by atoms with E-state index >= 15 is 0 Å². The number of para-hydroxylation sites is 4. The Labute approximate surface area is 575 Å². The van der Waals surface area contributed by atoms with E-state index in [9.17, 15) is 0 Å². The zero-order valence-electron chi connectivity index (χ0n) is 50.9. The summed E-state index contributed by atoms with van der Waals surface area (Å²) in [5.74, 6) is 0. The summed E-state index contributed by atoms with van der Waals surface area (Å²) >= 11 is 0. The van der Waals surface area contributed by atoms with Gasteiger partial charge < -0.3 is 93.3 Å². The van der Waals surface area contributed by atoms with Crippen LogP contribution in [0.2, 0.25) is 0 Å². The fourth-order valence-electron chi connectivity index (χ4n) is 13.1. The summed E-state index contributed by atoms with van der Waals surface area (Å²) in [7, 11) is 0. The topological polar surface area (TPSA) is 50.6 Å². The zero-order valence-corrected chi connectivity index (χ0v) is 60.7. The van der Waals surface area contributed by atoms with Gasteiger partial charge in [0.1, 0.15) is 12.7 Å². The first kappa shape index (κ1) is 72.2. The summed E-state index contributed by atoms with van der Waals surface area (Å²) in [6.45, 7) is 26.9. The summed E-state index contributed by atoms with van der Waals surface area (Å²) in [5.41, 5.74) is 14.0. The normalized spacial score (nSPS) is 15.7. The lowest BCUT2D eigenvalue weighted by atomic mass is 9.91. The second kappa shape index (κ2) is 33.3. The number of anilines is 2. The predicted octanol–water partition coefficient (Wildman–Crippen LogP) is 1.08. The monoisotopic (exact) mass is 1540 g/mol. The van der Waals surface area contributed by atoms with Gasteiger partial charge in [0.05, 0.1) is 42.5 Å². The SMILES string of the molecule is Br.Br.CC(C)N1CCN2c3ccccc3-c3ccccc3C21.CC(C)NCC[n+]1cc2ccccc2c2ccccc21.CC(C)[NH+]1CCN2c3ccccc3-c3ccccc3C21.CC(C)[NH2+]CC[n+]1cc2ccccc2c2ccccc21.[Br-].[Br-].[Br-].[Br-]. The lowest BCUT2D eigenvalue weighted by molar-refractivity contribution is -0.938. The van der Waals surface area contributed by atoms with Gasteiger partial charge in [-0.1, -0.05) is 159 Å². The Kier molecular flexibility index (Phi) is 27.9. The Hall–Kier alpha value is -4.58. The number of pyridine rings is 2. The molecule has 3 atom stereocenters. The third-order valence-electron chi connectivity index (χ3n) is 16.9. The van der Waals surface area contributed by atoms with Crippen LogP contribution in [0.15, 0.2) is 207 Å². The average Bonchev–Trinajstić information content (AvgIpc) is 1.67. The number of halogens is 6. The molecule has 0 bridgehead atoms. The van der Waals surface area contributed by atoms with Crippen molar-refractivity contribution in [2.45, 2.75) is 105 Å². The number of nitrogens with two attached hydrogens (primary N) is 1. The standard InChI is InChI=1S/2C18H20N2.2C18H21N2.6BrH/c2*1-13(2)19-11-12-20-17-10-6-5-8-15(17)14-7-3-4-9-16(14)18(19)20;2*1-14(2)19-11-12-20-13-15-7-3-4-8-16(15)17-9-5-6-10-18(17)20;;;;;;/h2*3-10,13,18H,11-12H2,1-2H3;2*3-10,13-14,19H,11-12H2,1-2H3;6*1H/q;;2*+1;;;;;;/p-2. The highest BCUT2D eigenvalue weighted by Gasteiger charge is 2.44. The number of fused-ring (bicyclic) bond motifs is 18. The quantitative estimate of drug-likeness (QED) is 0.142. The Morgan fingerprint density at radius 3 is 1.44 bits per heavy atom. The minimum absolute atomic E-state index is 0. The second-order valence-corrected chi connectivity index (χ2v) is 23.4. The fourth-order valence-corrected chi connectivity index (χ4v) is 13.1. The third kappa shape index (κ3) is 15.5.